The van der Waals surface area contributed by atoms with E-state index in [4.69, 9.17) is 10.5 Å². The lowest BCUT2D eigenvalue weighted by atomic mass is 10.0. The molecule has 0 bridgehead atoms. The Hall–Kier alpha value is -2.00. The summed E-state index contributed by atoms with van der Waals surface area (Å²) < 4.78 is 5.40. The Morgan fingerprint density at radius 2 is 1.79 bits per heavy atom. The molecule has 0 fully saturated rings. The molecular formula is C16H20N2O. The van der Waals surface area contributed by atoms with Crippen LogP contribution in [0.5, 0.6) is 5.75 Å². The summed E-state index contributed by atoms with van der Waals surface area (Å²) in [6.07, 6.45) is 0. The maximum Gasteiger partial charge on any atom is 0.124 e. The van der Waals surface area contributed by atoms with Gasteiger partial charge in [-0.3, -0.25) is 0 Å². The predicted octanol–water partition coefficient (Wildman–Crippen LogP) is 3.12. The quantitative estimate of drug-likeness (QED) is 0.864. The van der Waals surface area contributed by atoms with Gasteiger partial charge in [0.05, 0.1) is 13.2 Å². The van der Waals surface area contributed by atoms with Crippen molar-refractivity contribution in [1.29, 1.82) is 0 Å². The van der Waals surface area contributed by atoms with Crippen LogP contribution in [-0.4, -0.2) is 13.7 Å². The van der Waals surface area contributed by atoms with Crippen molar-refractivity contribution in [3.8, 4) is 5.75 Å². The molecular weight excluding hydrogens is 236 g/mol. The molecule has 0 spiro atoms. The molecule has 0 saturated carbocycles. The summed E-state index contributed by atoms with van der Waals surface area (Å²) in [5.41, 5.74) is 9.29. The van der Waals surface area contributed by atoms with Crippen molar-refractivity contribution < 1.29 is 4.74 Å². The molecule has 1 atom stereocenters. The van der Waals surface area contributed by atoms with Crippen LogP contribution in [0.4, 0.5) is 5.69 Å². The van der Waals surface area contributed by atoms with Crippen molar-refractivity contribution in [2.24, 2.45) is 5.73 Å². The summed E-state index contributed by atoms with van der Waals surface area (Å²) >= 11 is 0. The Kier molecular flexibility index (Phi) is 4.42. The van der Waals surface area contributed by atoms with E-state index in [1.54, 1.807) is 7.11 Å². The van der Waals surface area contributed by atoms with Gasteiger partial charge in [-0.1, -0.05) is 36.4 Å². The van der Waals surface area contributed by atoms with Crippen molar-refractivity contribution in [2.45, 2.75) is 13.0 Å². The summed E-state index contributed by atoms with van der Waals surface area (Å²) in [6, 6.07) is 16.2. The predicted molar refractivity (Wildman–Crippen MR) is 79.6 cm³/mol. The topological polar surface area (TPSA) is 47.3 Å². The molecule has 0 saturated heterocycles. The second-order valence-electron chi connectivity index (χ2n) is 4.49. The van der Waals surface area contributed by atoms with Crippen LogP contribution in [0.1, 0.15) is 17.2 Å². The van der Waals surface area contributed by atoms with Gasteiger partial charge in [0.1, 0.15) is 5.75 Å². The second kappa shape index (κ2) is 6.25. The number of anilines is 1. The number of ether oxygens (including phenoxy) is 1. The van der Waals surface area contributed by atoms with Crippen LogP contribution in [0.15, 0.2) is 48.5 Å². The number of hydrogen-bond acceptors (Lipinski definition) is 3. The van der Waals surface area contributed by atoms with Gasteiger partial charge in [0.15, 0.2) is 0 Å². The third-order valence-electron chi connectivity index (χ3n) is 3.22. The Morgan fingerprint density at radius 3 is 2.47 bits per heavy atom. The zero-order valence-electron chi connectivity index (χ0n) is 11.4. The van der Waals surface area contributed by atoms with Crippen LogP contribution in [-0.2, 0) is 0 Å². The van der Waals surface area contributed by atoms with E-state index in [0.717, 1.165) is 17.0 Å². The van der Waals surface area contributed by atoms with Gasteiger partial charge in [-0.25, -0.2) is 0 Å². The van der Waals surface area contributed by atoms with Crippen LogP contribution in [0.3, 0.4) is 0 Å². The third kappa shape index (κ3) is 3.06. The molecule has 0 aliphatic heterocycles. The van der Waals surface area contributed by atoms with E-state index in [9.17, 15) is 0 Å². The highest BCUT2D eigenvalue weighted by Gasteiger charge is 2.14. The molecule has 2 rings (SSSR count). The van der Waals surface area contributed by atoms with Crippen molar-refractivity contribution in [3.05, 3.63) is 59.7 Å². The molecule has 2 aromatic rings. The lowest BCUT2D eigenvalue weighted by molar-refractivity contribution is 0.407. The normalized spacial score (nSPS) is 11.9. The first-order chi connectivity index (χ1) is 9.26. The summed E-state index contributed by atoms with van der Waals surface area (Å²) in [5.74, 6) is 0.860. The van der Waals surface area contributed by atoms with Crippen molar-refractivity contribution in [3.63, 3.8) is 0 Å². The minimum Gasteiger partial charge on any atom is -0.496 e. The average molecular weight is 256 g/mol. The SMILES string of the molecule is COc1ccccc1C(CN)Nc1ccccc1C. The van der Waals surface area contributed by atoms with Crippen LogP contribution in [0.25, 0.3) is 0 Å². The fourth-order valence-corrected chi connectivity index (χ4v) is 2.14. The fourth-order valence-electron chi connectivity index (χ4n) is 2.14. The summed E-state index contributed by atoms with van der Waals surface area (Å²) in [4.78, 5) is 0. The van der Waals surface area contributed by atoms with Gasteiger partial charge >= 0.3 is 0 Å². The minimum atomic E-state index is 0.0391. The number of nitrogens with one attached hydrogen (secondary N) is 1. The van der Waals surface area contributed by atoms with Crippen LogP contribution in [0.2, 0.25) is 0 Å². The van der Waals surface area contributed by atoms with Gasteiger partial charge in [0.2, 0.25) is 0 Å². The van der Waals surface area contributed by atoms with Gasteiger partial charge in [0, 0.05) is 17.8 Å². The molecule has 0 heterocycles. The molecule has 3 nitrogen and oxygen atoms in total. The smallest absolute Gasteiger partial charge is 0.124 e. The summed E-state index contributed by atoms with van der Waals surface area (Å²) in [5, 5.41) is 3.48. The van der Waals surface area contributed by atoms with E-state index in [1.165, 1.54) is 5.56 Å². The Balaban J connectivity index is 2.28. The number of benzene rings is 2. The van der Waals surface area contributed by atoms with E-state index < -0.39 is 0 Å². The molecule has 0 aliphatic rings. The zero-order chi connectivity index (χ0) is 13.7. The monoisotopic (exact) mass is 256 g/mol. The zero-order valence-corrected chi connectivity index (χ0v) is 11.4. The number of hydrogen-bond donors (Lipinski definition) is 2. The number of rotatable bonds is 5. The molecule has 0 amide bonds. The standard InChI is InChI=1S/C16H20N2O/c1-12-7-3-5-9-14(12)18-15(11-17)13-8-4-6-10-16(13)19-2/h3-10,15,18H,11,17H2,1-2H3. The van der Waals surface area contributed by atoms with Gasteiger partial charge in [-0.15, -0.1) is 0 Å². The Morgan fingerprint density at radius 1 is 1.11 bits per heavy atom. The van der Waals surface area contributed by atoms with Gasteiger partial charge in [-0.2, -0.15) is 0 Å². The number of nitrogens with two attached hydrogens (primary N) is 1. The van der Waals surface area contributed by atoms with Gasteiger partial charge < -0.3 is 15.8 Å². The molecule has 0 aliphatic carbocycles. The van der Waals surface area contributed by atoms with Crippen LogP contribution in [0, 0.1) is 6.92 Å². The maximum atomic E-state index is 5.91. The van der Waals surface area contributed by atoms with E-state index in [0.29, 0.717) is 6.54 Å². The average Bonchev–Trinajstić information content (AvgIpc) is 2.46. The molecule has 100 valence electrons. The number of aryl methyl sites for hydroxylation is 1. The first-order valence-electron chi connectivity index (χ1n) is 6.41. The Labute approximate surface area is 114 Å². The molecule has 3 N–H and O–H groups in total. The van der Waals surface area contributed by atoms with Gasteiger partial charge in [0.25, 0.3) is 0 Å². The van der Waals surface area contributed by atoms with Crippen molar-refractivity contribution >= 4 is 5.69 Å². The number of methoxy groups -OCH3 is 1. The lowest BCUT2D eigenvalue weighted by Gasteiger charge is -2.21. The van der Waals surface area contributed by atoms with Crippen LogP contribution >= 0.6 is 0 Å². The molecule has 0 radical (unpaired) electrons. The van der Waals surface area contributed by atoms with E-state index in [-0.39, 0.29) is 6.04 Å². The van der Waals surface area contributed by atoms with E-state index >= 15 is 0 Å². The first-order valence-corrected chi connectivity index (χ1v) is 6.41. The summed E-state index contributed by atoms with van der Waals surface area (Å²) in [7, 11) is 1.68. The third-order valence-corrected chi connectivity index (χ3v) is 3.22. The largest absolute Gasteiger partial charge is 0.496 e. The summed E-state index contributed by atoms with van der Waals surface area (Å²) in [6.45, 7) is 2.59. The van der Waals surface area contributed by atoms with Crippen molar-refractivity contribution in [1.82, 2.24) is 0 Å². The maximum absolute atomic E-state index is 5.91. The second-order valence-corrected chi connectivity index (χ2v) is 4.49. The molecule has 2 aromatic carbocycles. The molecule has 19 heavy (non-hydrogen) atoms. The van der Waals surface area contributed by atoms with E-state index in [2.05, 4.69) is 24.4 Å². The van der Waals surface area contributed by atoms with Gasteiger partial charge in [-0.05, 0) is 24.6 Å². The Bertz CT molecular complexity index is 540. The first kappa shape index (κ1) is 13.4. The lowest BCUT2D eigenvalue weighted by Crippen LogP contribution is -2.21. The highest BCUT2D eigenvalue weighted by Crippen LogP contribution is 2.28. The van der Waals surface area contributed by atoms with Crippen molar-refractivity contribution in [2.75, 3.05) is 19.0 Å². The molecule has 1 unspecified atom stereocenters. The number of para-hydroxylation sites is 2. The molecule has 0 aromatic heterocycles. The fraction of sp³-hybridized carbons (Fsp3) is 0.250. The van der Waals surface area contributed by atoms with Crippen LogP contribution < -0.4 is 15.8 Å². The highest BCUT2D eigenvalue weighted by atomic mass is 16.5. The minimum absolute atomic E-state index is 0.0391. The van der Waals surface area contributed by atoms with E-state index in [1.807, 2.05) is 36.4 Å². The highest BCUT2D eigenvalue weighted by molar-refractivity contribution is 5.53. The molecule has 3 heteroatoms.